The number of benzene rings is 2. The van der Waals surface area contributed by atoms with Crippen LogP contribution < -0.4 is 11.1 Å². The number of pyridine rings is 2. The first-order chi connectivity index (χ1) is 18.9. The first kappa shape index (κ1) is 32.7. The van der Waals surface area contributed by atoms with E-state index in [1.807, 2.05) is 24.3 Å². The van der Waals surface area contributed by atoms with Crippen LogP contribution in [0, 0.1) is 22.7 Å². The predicted octanol–water partition coefficient (Wildman–Crippen LogP) is 5.10. The number of carboxylic acid groups (broad SMARTS) is 1. The Balaban J connectivity index is 0.000000341. The van der Waals surface area contributed by atoms with Crippen molar-refractivity contribution in [3.05, 3.63) is 102 Å². The summed E-state index contributed by atoms with van der Waals surface area (Å²) in [6.07, 6.45) is 6.61. The van der Waals surface area contributed by atoms with Gasteiger partial charge < -0.3 is 15.2 Å². The molecule has 0 aliphatic heterocycles. The molecule has 0 saturated carbocycles. The fourth-order valence-electron chi connectivity index (χ4n) is 3.03. The van der Waals surface area contributed by atoms with E-state index in [4.69, 9.17) is 32.0 Å². The second-order valence-corrected chi connectivity index (χ2v) is 7.74. The van der Waals surface area contributed by atoms with E-state index in [9.17, 15) is 4.79 Å². The van der Waals surface area contributed by atoms with Crippen LogP contribution in [0.4, 0.5) is 5.69 Å². The number of halogens is 1. The van der Waals surface area contributed by atoms with Crippen LogP contribution in [-0.4, -0.2) is 40.8 Å². The summed E-state index contributed by atoms with van der Waals surface area (Å²) in [5.74, 6) is -0.928. The van der Waals surface area contributed by atoms with Gasteiger partial charge in [-0.3, -0.25) is 25.3 Å². The fourth-order valence-corrected chi connectivity index (χ4v) is 3.24. The van der Waals surface area contributed by atoms with Crippen molar-refractivity contribution in [2.24, 2.45) is 5.73 Å². The fraction of sp³-hybridized carbons (Fsp3) is 0.103. The van der Waals surface area contributed by atoms with Crippen LogP contribution in [0.2, 0.25) is 5.02 Å². The maximum Gasteiger partial charge on any atom is 0.322 e. The largest absolute Gasteiger partial charge is 0.480 e. The average molecular weight is 559 g/mol. The maximum absolute atomic E-state index is 10.6. The Morgan fingerprint density at radius 3 is 1.85 bits per heavy atom. The minimum atomic E-state index is -0.928. The average Bonchev–Trinajstić information content (AvgIpc) is 2.98. The van der Waals surface area contributed by atoms with E-state index in [1.54, 1.807) is 61.2 Å². The molecule has 4 rings (SSSR count). The van der Waals surface area contributed by atoms with E-state index in [-0.39, 0.29) is 20.7 Å². The molecule has 0 atom stereocenters. The molecular weight excluding hydrogens is 532 g/mol. The highest BCUT2D eigenvalue weighted by atomic mass is 35.5. The zero-order chi connectivity index (χ0) is 28.5. The molecule has 0 aliphatic carbocycles. The summed E-state index contributed by atoms with van der Waals surface area (Å²) in [5.41, 5.74) is 10.1. The van der Waals surface area contributed by atoms with Crippen molar-refractivity contribution in [1.82, 2.24) is 9.97 Å². The first-order valence-electron chi connectivity index (χ1n) is 11.2. The van der Waals surface area contributed by atoms with E-state index >= 15 is 0 Å². The Kier molecular flexibility index (Phi) is 14.8. The molecule has 4 aromatic rings. The molecule has 0 unspecified atom stereocenters. The van der Waals surface area contributed by atoms with Gasteiger partial charge in [-0.2, -0.15) is 10.5 Å². The second kappa shape index (κ2) is 18.0. The Labute approximate surface area is 237 Å². The zero-order valence-corrected chi connectivity index (χ0v) is 21.2. The standard InChI is InChI=1S/C14H11N3O2.C12H7ClN2.C2H5NO2.CH4/c15-7-10-1-3-11(4-2-10)12-8-16-6-5-13(12)17-9-14(18)19;13-12-5-6-15-8-11(12)10-3-1-9(7-14)2-4-10;3-1-5-2-4;/h1-6,8H,9H2,(H,16,17)(H,18,19);1-6,8H;2H,1,3H2;1H4. The minimum absolute atomic E-state index is 0. The number of carbonyl (C=O) groups is 2. The van der Waals surface area contributed by atoms with E-state index in [0.29, 0.717) is 28.3 Å². The predicted molar refractivity (Wildman–Crippen MR) is 153 cm³/mol. The van der Waals surface area contributed by atoms with E-state index in [1.165, 1.54) is 0 Å². The van der Waals surface area contributed by atoms with Gasteiger partial charge in [0.2, 0.25) is 0 Å². The molecule has 10 nitrogen and oxygen atoms in total. The Hall–Kier alpha value is -5.29. The maximum atomic E-state index is 10.6. The number of hydrogen-bond donors (Lipinski definition) is 3. The highest BCUT2D eigenvalue weighted by Gasteiger charge is 2.06. The minimum Gasteiger partial charge on any atom is -0.480 e. The molecule has 2 aromatic carbocycles. The van der Waals surface area contributed by atoms with Gasteiger partial charge in [-0.25, -0.2) is 0 Å². The van der Waals surface area contributed by atoms with Gasteiger partial charge in [0.15, 0.2) is 0 Å². The number of ether oxygens (including phenoxy) is 1. The van der Waals surface area contributed by atoms with Gasteiger partial charge in [0.1, 0.15) is 13.3 Å². The Morgan fingerprint density at radius 1 is 0.925 bits per heavy atom. The van der Waals surface area contributed by atoms with Crippen molar-refractivity contribution in [1.29, 1.82) is 10.5 Å². The normalized spacial score (nSPS) is 9.00. The number of hydrogen-bond acceptors (Lipinski definition) is 9. The van der Waals surface area contributed by atoms with Crippen molar-refractivity contribution in [3.63, 3.8) is 0 Å². The van der Waals surface area contributed by atoms with Crippen molar-refractivity contribution < 1.29 is 19.4 Å². The number of nitrogens with two attached hydrogens (primary N) is 1. The third-order valence-electron chi connectivity index (χ3n) is 4.83. The number of nitrogens with one attached hydrogen (secondary N) is 1. The van der Waals surface area contributed by atoms with Crippen LogP contribution in [0.3, 0.4) is 0 Å². The number of nitriles is 2. The topological polar surface area (TPSA) is 175 Å². The summed E-state index contributed by atoms with van der Waals surface area (Å²) in [4.78, 5) is 27.7. The molecule has 0 bridgehead atoms. The van der Waals surface area contributed by atoms with Gasteiger partial charge >= 0.3 is 5.97 Å². The zero-order valence-electron chi connectivity index (χ0n) is 20.5. The number of carbonyl (C=O) groups excluding carboxylic acids is 1. The number of rotatable bonds is 7. The molecule has 0 aliphatic rings. The van der Waals surface area contributed by atoms with Crippen LogP contribution in [0.1, 0.15) is 18.6 Å². The van der Waals surface area contributed by atoms with Gasteiger partial charge in [0, 0.05) is 41.6 Å². The van der Waals surface area contributed by atoms with Crippen molar-refractivity contribution in [2.75, 3.05) is 18.6 Å². The Morgan fingerprint density at radius 2 is 1.43 bits per heavy atom. The summed E-state index contributed by atoms with van der Waals surface area (Å²) in [7, 11) is 0. The Bertz CT molecular complexity index is 1450. The van der Waals surface area contributed by atoms with Crippen LogP contribution in [0.15, 0.2) is 85.5 Å². The van der Waals surface area contributed by atoms with Gasteiger partial charge in [-0.15, -0.1) is 0 Å². The van der Waals surface area contributed by atoms with E-state index < -0.39 is 5.97 Å². The molecule has 4 N–H and O–H groups in total. The third-order valence-corrected chi connectivity index (χ3v) is 5.16. The molecule has 2 aromatic heterocycles. The van der Waals surface area contributed by atoms with Gasteiger partial charge in [-0.1, -0.05) is 43.3 Å². The molecule has 0 radical (unpaired) electrons. The SMILES string of the molecule is C.N#Cc1ccc(-c2cnccc2Cl)cc1.N#Cc1ccc(-c2cnccc2NCC(=O)O)cc1.NCOC=O. The van der Waals surface area contributed by atoms with E-state index in [2.05, 4.69) is 37.9 Å². The number of aromatic nitrogens is 2. The number of anilines is 1. The van der Waals surface area contributed by atoms with Gasteiger partial charge in [0.25, 0.3) is 6.47 Å². The molecule has 0 amide bonds. The quantitative estimate of drug-likeness (QED) is 0.204. The number of carboxylic acids is 1. The van der Waals surface area contributed by atoms with Crippen molar-refractivity contribution in [2.45, 2.75) is 7.43 Å². The van der Waals surface area contributed by atoms with Gasteiger partial charge in [-0.05, 0) is 47.5 Å². The first-order valence-corrected chi connectivity index (χ1v) is 11.6. The monoisotopic (exact) mass is 558 g/mol. The summed E-state index contributed by atoms with van der Waals surface area (Å²) in [6, 6.07) is 21.9. The van der Waals surface area contributed by atoms with Crippen molar-refractivity contribution in [3.8, 4) is 34.4 Å². The molecule has 204 valence electrons. The number of nitrogens with zero attached hydrogens (tertiary/aromatic N) is 4. The molecule has 0 fully saturated rings. The lowest BCUT2D eigenvalue weighted by molar-refractivity contribution is -0.135. The highest BCUT2D eigenvalue weighted by Crippen LogP contribution is 2.27. The lowest BCUT2D eigenvalue weighted by atomic mass is 10.0. The molecule has 0 spiro atoms. The lowest BCUT2D eigenvalue weighted by Gasteiger charge is -2.10. The smallest absolute Gasteiger partial charge is 0.322 e. The van der Waals surface area contributed by atoms with Crippen LogP contribution in [0.5, 0.6) is 0 Å². The highest BCUT2D eigenvalue weighted by molar-refractivity contribution is 6.33. The third kappa shape index (κ3) is 10.6. The van der Waals surface area contributed by atoms with Crippen LogP contribution >= 0.6 is 11.6 Å². The van der Waals surface area contributed by atoms with Crippen LogP contribution in [0.25, 0.3) is 22.3 Å². The summed E-state index contributed by atoms with van der Waals surface area (Å²) in [6.45, 7) is 0.122. The molecule has 0 saturated heterocycles. The van der Waals surface area contributed by atoms with Gasteiger partial charge in [0.05, 0.1) is 28.3 Å². The second-order valence-electron chi connectivity index (χ2n) is 7.33. The lowest BCUT2D eigenvalue weighted by Crippen LogP contribution is -2.12. The molecular formula is C29H27ClN6O4. The number of aliphatic carboxylic acids is 1. The van der Waals surface area contributed by atoms with Crippen LogP contribution in [-0.2, 0) is 14.3 Å². The summed E-state index contributed by atoms with van der Waals surface area (Å²) < 4.78 is 3.93. The summed E-state index contributed by atoms with van der Waals surface area (Å²) in [5, 5.41) is 29.6. The van der Waals surface area contributed by atoms with Crippen molar-refractivity contribution >= 4 is 29.7 Å². The molecule has 40 heavy (non-hydrogen) atoms. The summed E-state index contributed by atoms with van der Waals surface area (Å²) >= 11 is 6.03. The molecule has 2 heterocycles. The molecule has 11 heteroatoms. The van der Waals surface area contributed by atoms with E-state index in [0.717, 1.165) is 22.3 Å².